The molecule has 110 valence electrons. The van der Waals surface area contributed by atoms with E-state index in [1.807, 2.05) is 13.2 Å². The number of benzene rings is 1. The topological polar surface area (TPSA) is 90.1 Å². The van der Waals surface area contributed by atoms with Crippen LogP contribution in [0.5, 0.6) is 0 Å². The summed E-state index contributed by atoms with van der Waals surface area (Å²) in [4.78, 5) is 22.1. The monoisotopic (exact) mass is 308 g/mol. The number of nitro groups is 1. The van der Waals surface area contributed by atoms with E-state index in [-0.39, 0.29) is 16.3 Å². The summed E-state index contributed by atoms with van der Waals surface area (Å²) in [5, 5.41) is 17.6. The number of nitro benzene ring substituents is 1. The van der Waals surface area contributed by atoms with E-state index in [2.05, 4.69) is 10.4 Å². The van der Waals surface area contributed by atoms with Crippen molar-refractivity contribution in [3.8, 4) is 0 Å². The van der Waals surface area contributed by atoms with Crippen molar-refractivity contribution in [2.24, 2.45) is 7.05 Å². The lowest BCUT2D eigenvalue weighted by Gasteiger charge is -2.06. The molecule has 2 aromatic rings. The molecule has 0 spiro atoms. The van der Waals surface area contributed by atoms with Crippen LogP contribution in [-0.2, 0) is 13.5 Å². The van der Waals surface area contributed by atoms with Gasteiger partial charge in [0.25, 0.3) is 11.6 Å². The Bertz CT molecular complexity index is 684. The zero-order chi connectivity index (χ0) is 15.4. The van der Waals surface area contributed by atoms with Gasteiger partial charge in [0.05, 0.1) is 21.7 Å². The summed E-state index contributed by atoms with van der Waals surface area (Å²) in [6.07, 6.45) is 4.19. The number of nitrogens with zero attached hydrogens (tertiary/aromatic N) is 3. The molecule has 1 aromatic heterocycles. The van der Waals surface area contributed by atoms with Crippen LogP contribution in [0.4, 0.5) is 5.69 Å². The first-order chi connectivity index (χ1) is 9.97. The molecule has 0 saturated carbocycles. The smallest absolute Gasteiger partial charge is 0.270 e. The van der Waals surface area contributed by atoms with Gasteiger partial charge in [0.2, 0.25) is 0 Å². The van der Waals surface area contributed by atoms with Gasteiger partial charge in [0.1, 0.15) is 0 Å². The van der Waals surface area contributed by atoms with E-state index < -0.39 is 10.8 Å². The first-order valence-corrected chi connectivity index (χ1v) is 6.55. The average molecular weight is 309 g/mol. The molecule has 1 heterocycles. The Morgan fingerprint density at radius 3 is 2.90 bits per heavy atom. The van der Waals surface area contributed by atoms with Crippen LogP contribution in [0.3, 0.4) is 0 Å². The highest BCUT2D eigenvalue weighted by Gasteiger charge is 2.15. The SMILES string of the molecule is Cn1cc(CCNC(=O)c2cc([N+](=O)[O-])ccc2Cl)cn1. The number of nitrogens with one attached hydrogen (secondary N) is 1. The standard InChI is InChI=1S/C13H13ClN4O3/c1-17-8-9(7-16-17)4-5-15-13(19)11-6-10(18(20)21)2-3-12(11)14/h2-3,6-8H,4-5H2,1H3,(H,15,19). The van der Waals surface area contributed by atoms with Gasteiger partial charge in [-0.1, -0.05) is 11.6 Å². The van der Waals surface area contributed by atoms with E-state index >= 15 is 0 Å². The number of non-ortho nitro benzene ring substituents is 1. The Labute approximate surface area is 125 Å². The van der Waals surface area contributed by atoms with Crippen LogP contribution in [0.1, 0.15) is 15.9 Å². The van der Waals surface area contributed by atoms with E-state index in [0.717, 1.165) is 5.56 Å². The van der Waals surface area contributed by atoms with Crippen molar-refractivity contribution >= 4 is 23.2 Å². The number of halogens is 1. The van der Waals surface area contributed by atoms with Crippen LogP contribution in [0, 0.1) is 10.1 Å². The van der Waals surface area contributed by atoms with Gasteiger partial charge in [-0.25, -0.2) is 0 Å². The first-order valence-electron chi connectivity index (χ1n) is 6.17. The zero-order valence-electron chi connectivity index (χ0n) is 11.2. The molecule has 0 bridgehead atoms. The lowest BCUT2D eigenvalue weighted by atomic mass is 10.2. The third-order valence-corrected chi connectivity index (χ3v) is 3.19. The van der Waals surface area contributed by atoms with Crippen LogP contribution in [-0.4, -0.2) is 27.2 Å². The van der Waals surface area contributed by atoms with Crippen LogP contribution in [0.2, 0.25) is 5.02 Å². The Hall–Kier alpha value is -2.41. The second-order valence-corrected chi connectivity index (χ2v) is 4.86. The van der Waals surface area contributed by atoms with Gasteiger partial charge in [-0.05, 0) is 18.1 Å². The molecule has 1 amide bonds. The molecule has 2 rings (SSSR count). The average Bonchev–Trinajstić information content (AvgIpc) is 2.84. The molecule has 0 fully saturated rings. The summed E-state index contributed by atoms with van der Waals surface area (Å²) in [6.45, 7) is 0.392. The van der Waals surface area contributed by atoms with Gasteiger partial charge in [-0.15, -0.1) is 0 Å². The van der Waals surface area contributed by atoms with Crippen molar-refractivity contribution in [3.05, 3.63) is 56.9 Å². The minimum absolute atomic E-state index is 0.0945. The maximum absolute atomic E-state index is 12.0. The van der Waals surface area contributed by atoms with Crippen molar-refractivity contribution in [2.45, 2.75) is 6.42 Å². The van der Waals surface area contributed by atoms with Crippen LogP contribution in [0.25, 0.3) is 0 Å². The highest BCUT2D eigenvalue weighted by Crippen LogP contribution is 2.21. The molecule has 1 aromatic carbocycles. The third-order valence-electron chi connectivity index (χ3n) is 2.86. The normalized spacial score (nSPS) is 10.4. The Morgan fingerprint density at radius 2 is 2.29 bits per heavy atom. The van der Waals surface area contributed by atoms with Gasteiger partial charge < -0.3 is 5.32 Å². The second-order valence-electron chi connectivity index (χ2n) is 4.45. The van der Waals surface area contributed by atoms with Gasteiger partial charge in [-0.2, -0.15) is 5.10 Å². The fourth-order valence-electron chi connectivity index (χ4n) is 1.82. The Kier molecular flexibility index (Phi) is 4.54. The maximum Gasteiger partial charge on any atom is 0.270 e. The van der Waals surface area contributed by atoms with E-state index in [4.69, 9.17) is 11.6 Å². The Balaban J connectivity index is 1.99. The quantitative estimate of drug-likeness (QED) is 0.675. The first kappa shape index (κ1) is 15.0. The summed E-state index contributed by atoms with van der Waals surface area (Å²) in [7, 11) is 1.81. The van der Waals surface area contributed by atoms with Crippen LogP contribution in [0.15, 0.2) is 30.6 Å². The van der Waals surface area contributed by atoms with Crippen molar-refractivity contribution in [3.63, 3.8) is 0 Å². The lowest BCUT2D eigenvalue weighted by molar-refractivity contribution is -0.384. The number of amides is 1. The molecule has 1 N–H and O–H groups in total. The van der Waals surface area contributed by atoms with Gasteiger partial charge >= 0.3 is 0 Å². The summed E-state index contributed by atoms with van der Waals surface area (Å²) in [5.74, 6) is -0.437. The number of hydrogen-bond donors (Lipinski definition) is 1. The summed E-state index contributed by atoms with van der Waals surface area (Å²) >= 11 is 5.90. The Morgan fingerprint density at radius 1 is 1.52 bits per heavy atom. The number of carbonyl (C=O) groups is 1. The van der Waals surface area contributed by atoms with Gasteiger partial charge in [-0.3, -0.25) is 19.6 Å². The highest BCUT2D eigenvalue weighted by atomic mass is 35.5. The highest BCUT2D eigenvalue weighted by molar-refractivity contribution is 6.33. The molecule has 21 heavy (non-hydrogen) atoms. The number of rotatable bonds is 5. The molecular weight excluding hydrogens is 296 g/mol. The lowest BCUT2D eigenvalue weighted by Crippen LogP contribution is -2.26. The minimum Gasteiger partial charge on any atom is -0.352 e. The number of aryl methyl sites for hydroxylation is 1. The fourth-order valence-corrected chi connectivity index (χ4v) is 2.02. The fraction of sp³-hybridized carbons (Fsp3) is 0.231. The zero-order valence-corrected chi connectivity index (χ0v) is 12.0. The van der Waals surface area contributed by atoms with E-state index in [1.165, 1.54) is 18.2 Å². The number of carbonyl (C=O) groups excluding carboxylic acids is 1. The molecule has 0 aliphatic rings. The predicted octanol–water partition coefficient (Wildman–Crippen LogP) is 1.95. The van der Waals surface area contributed by atoms with Crippen molar-refractivity contribution in [1.82, 2.24) is 15.1 Å². The maximum atomic E-state index is 12.0. The molecule has 0 saturated heterocycles. The van der Waals surface area contributed by atoms with Gasteiger partial charge in [0, 0.05) is 31.9 Å². The third kappa shape index (κ3) is 3.79. The molecule has 7 nitrogen and oxygen atoms in total. The molecular formula is C13H13ClN4O3. The largest absolute Gasteiger partial charge is 0.352 e. The van der Waals surface area contributed by atoms with Crippen LogP contribution < -0.4 is 5.32 Å². The molecule has 0 radical (unpaired) electrons. The van der Waals surface area contributed by atoms with E-state index in [0.29, 0.717) is 13.0 Å². The summed E-state index contributed by atoms with van der Waals surface area (Å²) in [5.41, 5.74) is 0.914. The summed E-state index contributed by atoms with van der Waals surface area (Å²) < 4.78 is 1.68. The van der Waals surface area contributed by atoms with Gasteiger partial charge in [0.15, 0.2) is 0 Å². The molecule has 0 aliphatic heterocycles. The number of aromatic nitrogens is 2. The number of hydrogen-bond acceptors (Lipinski definition) is 4. The molecule has 0 aliphatic carbocycles. The van der Waals surface area contributed by atoms with E-state index in [1.54, 1.807) is 10.9 Å². The predicted molar refractivity (Wildman–Crippen MR) is 77.4 cm³/mol. The second kappa shape index (κ2) is 6.36. The van der Waals surface area contributed by atoms with Crippen LogP contribution >= 0.6 is 11.6 Å². The van der Waals surface area contributed by atoms with Crippen molar-refractivity contribution in [1.29, 1.82) is 0 Å². The minimum atomic E-state index is -0.567. The van der Waals surface area contributed by atoms with E-state index in [9.17, 15) is 14.9 Å². The van der Waals surface area contributed by atoms with Crippen molar-refractivity contribution < 1.29 is 9.72 Å². The molecule has 0 unspecified atom stereocenters. The summed E-state index contributed by atoms with van der Waals surface area (Å²) in [6, 6.07) is 3.77. The van der Waals surface area contributed by atoms with Crippen molar-refractivity contribution in [2.75, 3.05) is 6.54 Å². The molecule has 8 heteroatoms. The molecule has 0 atom stereocenters.